The summed E-state index contributed by atoms with van der Waals surface area (Å²) in [4.78, 5) is 0. The minimum absolute atomic E-state index is 0.298. The van der Waals surface area contributed by atoms with Crippen LogP contribution in [0.25, 0.3) is 0 Å². The van der Waals surface area contributed by atoms with E-state index in [0.717, 1.165) is 11.8 Å². The second kappa shape index (κ2) is 3.68. The highest BCUT2D eigenvalue weighted by atomic mass is 32.3. The highest BCUT2D eigenvalue weighted by molar-refractivity contribution is 8.32. The lowest BCUT2D eigenvalue weighted by Crippen LogP contribution is -2.12. The van der Waals surface area contributed by atoms with Gasteiger partial charge in [0.2, 0.25) is 0 Å². The summed E-state index contributed by atoms with van der Waals surface area (Å²) in [5, 5.41) is 0. The Labute approximate surface area is 98.5 Å². The van der Waals surface area contributed by atoms with E-state index in [1.54, 1.807) is 0 Å². The first kappa shape index (κ1) is 13.4. The third-order valence-corrected chi connectivity index (χ3v) is 5.49. The van der Waals surface area contributed by atoms with Crippen LogP contribution in [0.3, 0.4) is 0 Å². The molecule has 1 aliphatic carbocycles. The molecule has 1 aliphatic rings. The summed E-state index contributed by atoms with van der Waals surface area (Å²) in [6.07, 6.45) is 8.77. The van der Waals surface area contributed by atoms with Gasteiger partial charge in [0.05, 0.1) is 0 Å². The summed E-state index contributed by atoms with van der Waals surface area (Å²) in [6, 6.07) is 0. The maximum absolute atomic E-state index is 2.46. The molecule has 0 spiro atoms. The summed E-state index contributed by atoms with van der Waals surface area (Å²) in [5.74, 6) is 3.36. The molecule has 0 nitrogen and oxygen atoms in total. The quantitative estimate of drug-likeness (QED) is 0.674. The van der Waals surface area contributed by atoms with Crippen LogP contribution in [0.2, 0.25) is 0 Å². The number of rotatable bonds is 3. The summed E-state index contributed by atoms with van der Waals surface area (Å²) in [6.45, 7) is 12.1. The Kier molecular flexibility index (Phi) is 3.29. The second-order valence-corrected chi connectivity index (χ2v) is 12.4. The van der Waals surface area contributed by atoms with Crippen LogP contribution < -0.4 is 0 Å². The van der Waals surface area contributed by atoms with Crippen molar-refractivity contribution in [1.82, 2.24) is 0 Å². The first-order valence-corrected chi connectivity index (χ1v) is 9.15. The van der Waals surface area contributed by atoms with Gasteiger partial charge in [0.1, 0.15) is 0 Å². The lowest BCUT2D eigenvalue weighted by atomic mass is 9.85. The monoisotopic (exact) mass is 230 g/mol. The second-order valence-electron chi connectivity index (χ2n) is 7.86. The lowest BCUT2D eigenvalue weighted by molar-refractivity contribution is 0.296. The smallest absolute Gasteiger partial charge is 0.0232 e. The van der Waals surface area contributed by atoms with Crippen LogP contribution in [0, 0.1) is 22.7 Å². The standard InChI is InChI=1S/C14H30S/c1-13(2,3)12-11(14(12,4)5)9-10-15(6,7)8/h11-12H,9-10H2,1-8H3. The number of hydrogen-bond donors (Lipinski definition) is 0. The van der Waals surface area contributed by atoms with Gasteiger partial charge in [-0.2, -0.15) is 0 Å². The van der Waals surface area contributed by atoms with Crippen LogP contribution in [-0.4, -0.2) is 24.5 Å². The first-order valence-electron chi connectivity index (χ1n) is 6.12. The Balaban J connectivity index is 2.53. The van der Waals surface area contributed by atoms with Crippen LogP contribution in [0.15, 0.2) is 0 Å². The van der Waals surface area contributed by atoms with E-state index in [1.165, 1.54) is 12.2 Å². The predicted molar refractivity (Wildman–Crippen MR) is 75.1 cm³/mol. The molecule has 1 rings (SSSR count). The fourth-order valence-electron chi connectivity index (χ4n) is 3.48. The molecule has 92 valence electrons. The van der Waals surface area contributed by atoms with Gasteiger partial charge < -0.3 is 0 Å². The summed E-state index contributed by atoms with van der Waals surface area (Å²) >= 11 is 0. The van der Waals surface area contributed by atoms with Gasteiger partial charge in [-0.1, -0.05) is 34.6 Å². The Morgan fingerprint density at radius 2 is 1.53 bits per heavy atom. The lowest BCUT2D eigenvalue weighted by Gasteiger charge is -2.25. The number of hydrogen-bond acceptors (Lipinski definition) is 0. The van der Waals surface area contributed by atoms with Gasteiger partial charge in [0, 0.05) is 0 Å². The topological polar surface area (TPSA) is 0 Å². The minimum Gasteiger partial charge on any atom is -0.250 e. The molecule has 0 aliphatic heterocycles. The first-order chi connectivity index (χ1) is 6.46. The SMILES string of the molecule is CC(C)(C)C1C(CCS(C)(C)C)C1(C)C. The van der Waals surface area contributed by atoms with Crippen molar-refractivity contribution < 1.29 is 0 Å². The Bertz CT molecular complexity index is 227. The fraction of sp³-hybridized carbons (Fsp3) is 1.00. The van der Waals surface area contributed by atoms with Crippen LogP contribution in [0.5, 0.6) is 0 Å². The van der Waals surface area contributed by atoms with Gasteiger partial charge in [-0.3, -0.25) is 0 Å². The molecule has 1 saturated carbocycles. The third kappa shape index (κ3) is 3.15. The molecule has 0 amide bonds. The molecule has 2 atom stereocenters. The molecule has 0 radical (unpaired) electrons. The third-order valence-electron chi connectivity index (χ3n) is 4.02. The molecule has 0 aromatic carbocycles. The van der Waals surface area contributed by atoms with E-state index in [-0.39, 0.29) is 10.0 Å². The average molecular weight is 230 g/mol. The summed E-state index contributed by atoms with van der Waals surface area (Å²) < 4.78 is 0. The van der Waals surface area contributed by atoms with E-state index in [4.69, 9.17) is 0 Å². The minimum atomic E-state index is -0.298. The Morgan fingerprint density at radius 3 is 1.80 bits per heavy atom. The zero-order valence-electron chi connectivity index (χ0n) is 12.0. The van der Waals surface area contributed by atoms with E-state index in [0.29, 0.717) is 10.8 Å². The van der Waals surface area contributed by atoms with Gasteiger partial charge in [-0.15, -0.1) is 0 Å². The zero-order chi connectivity index (χ0) is 12.1. The van der Waals surface area contributed by atoms with Crippen molar-refractivity contribution in [3.05, 3.63) is 0 Å². The Morgan fingerprint density at radius 1 is 1.07 bits per heavy atom. The molecule has 0 N–H and O–H groups in total. The molecule has 1 fully saturated rings. The van der Waals surface area contributed by atoms with E-state index >= 15 is 0 Å². The van der Waals surface area contributed by atoms with Gasteiger partial charge in [0.15, 0.2) is 0 Å². The van der Waals surface area contributed by atoms with Crippen LogP contribution in [-0.2, 0) is 0 Å². The molecule has 15 heavy (non-hydrogen) atoms. The maximum atomic E-state index is 2.46. The van der Waals surface area contributed by atoms with E-state index in [9.17, 15) is 0 Å². The van der Waals surface area contributed by atoms with Crippen molar-refractivity contribution >= 4 is 10.0 Å². The van der Waals surface area contributed by atoms with Crippen LogP contribution >= 0.6 is 10.0 Å². The van der Waals surface area contributed by atoms with Crippen LogP contribution in [0.1, 0.15) is 41.0 Å². The molecule has 0 bridgehead atoms. The van der Waals surface area contributed by atoms with Crippen molar-refractivity contribution in [3.63, 3.8) is 0 Å². The van der Waals surface area contributed by atoms with Crippen LogP contribution in [0.4, 0.5) is 0 Å². The van der Waals surface area contributed by atoms with Crippen molar-refractivity contribution in [2.75, 3.05) is 24.5 Å². The highest BCUT2D eigenvalue weighted by Crippen LogP contribution is 2.67. The largest absolute Gasteiger partial charge is 0.250 e. The average Bonchev–Trinajstić information content (AvgIpc) is 2.46. The maximum Gasteiger partial charge on any atom is -0.0232 e. The van der Waals surface area contributed by atoms with Crippen molar-refractivity contribution in [2.45, 2.75) is 41.0 Å². The van der Waals surface area contributed by atoms with E-state index in [2.05, 4.69) is 53.4 Å². The van der Waals surface area contributed by atoms with Gasteiger partial charge in [-0.05, 0) is 53.6 Å². The van der Waals surface area contributed by atoms with Crippen molar-refractivity contribution in [2.24, 2.45) is 22.7 Å². The summed E-state index contributed by atoms with van der Waals surface area (Å²) in [7, 11) is -0.298. The molecule has 1 heteroatoms. The molecule has 2 unspecified atom stereocenters. The highest BCUT2D eigenvalue weighted by Gasteiger charge is 2.61. The molecule has 0 aromatic heterocycles. The van der Waals surface area contributed by atoms with E-state index in [1.807, 2.05) is 0 Å². The normalized spacial score (nSPS) is 31.5. The van der Waals surface area contributed by atoms with Gasteiger partial charge >= 0.3 is 0 Å². The fourth-order valence-corrected chi connectivity index (χ4v) is 4.44. The predicted octanol–water partition coefficient (Wildman–Crippen LogP) is 4.39. The molecule has 0 heterocycles. The molecule has 0 aromatic rings. The zero-order valence-corrected chi connectivity index (χ0v) is 12.8. The van der Waals surface area contributed by atoms with Crippen molar-refractivity contribution in [3.8, 4) is 0 Å². The molecule has 0 saturated heterocycles. The van der Waals surface area contributed by atoms with Gasteiger partial charge in [-0.25, -0.2) is 10.0 Å². The summed E-state index contributed by atoms with van der Waals surface area (Å²) in [5.41, 5.74) is 1.10. The molecular weight excluding hydrogens is 200 g/mol. The van der Waals surface area contributed by atoms with E-state index < -0.39 is 0 Å². The van der Waals surface area contributed by atoms with Gasteiger partial charge in [0.25, 0.3) is 0 Å². The Hall–Kier alpha value is 0.350. The van der Waals surface area contributed by atoms with Crippen molar-refractivity contribution in [1.29, 1.82) is 0 Å². The molecular formula is C14H30S.